The van der Waals surface area contributed by atoms with Gasteiger partial charge >= 0.3 is 11.8 Å². The molecule has 0 bridgehead atoms. The highest BCUT2D eigenvalue weighted by Crippen LogP contribution is 2.30. The molecule has 0 unspecified atom stereocenters. The SMILES string of the molecule is O=C(O)Nc1cc(CCCn2c(=O)oc3cc(CCNC[C@H](O)c4ccc(O)c5[nH]c(=O)ccc45)ccc32)ccc1-c1ccccc1. The molecule has 11 nitrogen and oxygen atoms in total. The lowest BCUT2D eigenvalue weighted by Crippen LogP contribution is -2.24. The van der Waals surface area contributed by atoms with Crippen molar-refractivity contribution in [1.29, 1.82) is 0 Å². The maximum absolute atomic E-state index is 12.7. The van der Waals surface area contributed by atoms with Gasteiger partial charge in [-0.15, -0.1) is 0 Å². The van der Waals surface area contributed by atoms with Crippen molar-refractivity contribution < 1.29 is 24.5 Å². The Balaban J connectivity index is 1.05. The number of benzene rings is 4. The normalized spacial score (nSPS) is 12.0. The van der Waals surface area contributed by atoms with E-state index in [0.717, 1.165) is 22.3 Å². The van der Waals surface area contributed by atoms with E-state index in [1.165, 1.54) is 12.1 Å². The summed E-state index contributed by atoms with van der Waals surface area (Å²) in [5.74, 6) is -0.496. The number of nitrogens with one attached hydrogen (secondary N) is 3. The Bertz CT molecular complexity index is 2170. The van der Waals surface area contributed by atoms with Crippen LogP contribution in [0.5, 0.6) is 5.75 Å². The van der Waals surface area contributed by atoms with Crippen LogP contribution in [0.1, 0.15) is 29.2 Å². The van der Waals surface area contributed by atoms with Gasteiger partial charge in [0.1, 0.15) is 5.75 Å². The van der Waals surface area contributed by atoms with Crippen LogP contribution in [0.3, 0.4) is 0 Å². The second-order valence-corrected chi connectivity index (χ2v) is 11.4. The fourth-order valence-corrected chi connectivity index (χ4v) is 5.89. The number of aromatic nitrogens is 2. The number of aliphatic hydroxyl groups is 1. The predicted molar refractivity (Wildman–Crippen MR) is 180 cm³/mol. The van der Waals surface area contributed by atoms with Gasteiger partial charge in [-0.2, -0.15) is 0 Å². The van der Waals surface area contributed by atoms with Gasteiger partial charge in [0.05, 0.1) is 22.8 Å². The largest absolute Gasteiger partial charge is 0.506 e. The molecule has 0 saturated carbocycles. The molecular weight excluding hydrogens is 600 g/mol. The number of aromatic amines is 1. The Morgan fingerprint density at radius 2 is 1.70 bits per heavy atom. The number of anilines is 1. The topological polar surface area (TPSA) is 170 Å². The summed E-state index contributed by atoms with van der Waals surface area (Å²) in [5, 5.41) is 36.6. The molecule has 0 aliphatic heterocycles. The average Bonchev–Trinajstić information content (AvgIpc) is 3.37. The molecule has 1 amide bonds. The molecule has 6 aromatic rings. The van der Waals surface area contributed by atoms with Crippen molar-refractivity contribution in [1.82, 2.24) is 14.9 Å². The van der Waals surface area contributed by atoms with Gasteiger partial charge < -0.3 is 30.0 Å². The maximum atomic E-state index is 12.7. The zero-order valence-electron chi connectivity index (χ0n) is 25.4. The number of phenolic OH excluding ortho intramolecular Hbond substituents is 1. The van der Waals surface area contributed by atoms with Crippen LogP contribution in [0.15, 0.2) is 105 Å². The van der Waals surface area contributed by atoms with E-state index < -0.39 is 18.0 Å². The van der Waals surface area contributed by atoms with Gasteiger partial charge in [0, 0.05) is 30.1 Å². The number of aromatic hydroxyl groups is 1. The first-order chi connectivity index (χ1) is 22.8. The van der Waals surface area contributed by atoms with Crippen LogP contribution < -0.4 is 21.9 Å². The summed E-state index contributed by atoms with van der Waals surface area (Å²) in [6.07, 6.45) is -0.0826. The standard InChI is InChI=1S/C36H34N4O7/c41-30-14-11-26(27-12-15-33(43)39-34(27)30)31(42)21-37-17-16-23-9-13-29-32(20-23)47-36(46)40(29)18-4-5-22-8-10-25(24-6-2-1-3-7-24)28(19-22)38-35(44)45/h1-3,6-15,19-20,31,37-38,41-42H,4-5,16-18,21H2,(H,39,43)(H,44,45)/t31-/m0/s1. The number of rotatable bonds is 12. The lowest BCUT2D eigenvalue weighted by molar-refractivity contribution is 0.176. The number of hydrogen-bond donors (Lipinski definition) is 6. The summed E-state index contributed by atoms with van der Waals surface area (Å²) in [6, 6.07) is 27.0. The molecule has 6 N–H and O–H groups in total. The second-order valence-electron chi connectivity index (χ2n) is 11.4. The summed E-state index contributed by atoms with van der Waals surface area (Å²) in [6.45, 7) is 1.25. The summed E-state index contributed by atoms with van der Waals surface area (Å²) in [7, 11) is 0. The van der Waals surface area contributed by atoms with Crippen LogP contribution in [-0.2, 0) is 19.4 Å². The third-order valence-corrected chi connectivity index (χ3v) is 8.18. The van der Waals surface area contributed by atoms with E-state index in [-0.39, 0.29) is 23.4 Å². The number of pyridine rings is 1. The third kappa shape index (κ3) is 7.11. The molecule has 47 heavy (non-hydrogen) atoms. The molecule has 11 heteroatoms. The number of fused-ring (bicyclic) bond motifs is 2. The van der Waals surface area contributed by atoms with E-state index in [4.69, 9.17) is 4.42 Å². The van der Waals surface area contributed by atoms with Crippen molar-refractivity contribution in [3.05, 3.63) is 129 Å². The molecule has 0 radical (unpaired) electrons. The zero-order valence-corrected chi connectivity index (χ0v) is 25.4. The van der Waals surface area contributed by atoms with Gasteiger partial charge in [0.15, 0.2) is 5.58 Å². The highest BCUT2D eigenvalue weighted by molar-refractivity contribution is 5.91. The molecule has 0 aliphatic rings. The summed E-state index contributed by atoms with van der Waals surface area (Å²) >= 11 is 0. The molecule has 0 fully saturated rings. The summed E-state index contributed by atoms with van der Waals surface area (Å²) < 4.78 is 7.17. The lowest BCUT2D eigenvalue weighted by atomic mass is 9.99. The van der Waals surface area contributed by atoms with Gasteiger partial charge in [-0.25, -0.2) is 9.59 Å². The maximum Gasteiger partial charge on any atom is 0.419 e. The number of oxazole rings is 1. The number of carbonyl (C=O) groups is 1. The first kappa shape index (κ1) is 31.3. The van der Waals surface area contributed by atoms with Crippen molar-refractivity contribution >= 4 is 33.8 Å². The minimum atomic E-state index is -1.13. The van der Waals surface area contributed by atoms with Crippen LogP contribution in [-0.4, -0.2) is 44.1 Å². The molecule has 4 aromatic carbocycles. The number of carboxylic acid groups (broad SMARTS) is 1. The number of hydrogen-bond acceptors (Lipinski definition) is 7. The number of phenols is 1. The van der Waals surface area contributed by atoms with E-state index in [1.807, 2.05) is 66.7 Å². The van der Waals surface area contributed by atoms with Gasteiger partial charge in [-0.1, -0.05) is 54.6 Å². The molecule has 240 valence electrons. The molecular formula is C36H34N4O7. The van der Waals surface area contributed by atoms with Crippen LogP contribution in [0.2, 0.25) is 0 Å². The van der Waals surface area contributed by atoms with Crippen LogP contribution >= 0.6 is 0 Å². The average molecular weight is 635 g/mol. The van der Waals surface area contributed by atoms with Crippen LogP contribution in [0.4, 0.5) is 10.5 Å². The third-order valence-electron chi connectivity index (χ3n) is 8.18. The molecule has 6 rings (SSSR count). The van der Waals surface area contributed by atoms with E-state index in [1.54, 1.807) is 16.7 Å². The fraction of sp³-hybridized carbons (Fsp3) is 0.194. The first-order valence-electron chi connectivity index (χ1n) is 15.3. The minimum Gasteiger partial charge on any atom is -0.506 e. The van der Waals surface area contributed by atoms with Gasteiger partial charge in [-0.05, 0) is 78.4 Å². The predicted octanol–water partition coefficient (Wildman–Crippen LogP) is 5.40. The van der Waals surface area contributed by atoms with E-state index in [0.29, 0.717) is 60.1 Å². The van der Waals surface area contributed by atoms with E-state index >= 15 is 0 Å². The number of H-pyrrole nitrogens is 1. The zero-order chi connectivity index (χ0) is 32.9. The molecule has 2 heterocycles. The Morgan fingerprint density at radius 1 is 0.915 bits per heavy atom. The highest BCUT2D eigenvalue weighted by atomic mass is 16.4. The quantitative estimate of drug-likeness (QED) is 0.0973. The van der Waals surface area contributed by atoms with Crippen molar-refractivity contribution in [3.63, 3.8) is 0 Å². The Hall–Kier alpha value is -5.65. The minimum absolute atomic E-state index is 0.0598. The lowest BCUT2D eigenvalue weighted by Gasteiger charge is -2.15. The highest BCUT2D eigenvalue weighted by Gasteiger charge is 2.15. The number of amides is 1. The first-order valence-corrected chi connectivity index (χ1v) is 15.3. The second kappa shape index (κ2) is 13.8. The molecule has 0 saturated heterocycles. The molecule has 1 atom stereocenters. The fourth-order valence-electron chi connectivity index (χ4n) is 5.89. The number of aryl methyl sites for hydroxylation is 2. The van der Waals surface area contributed by atoms with Gasteiger partial charge in [0.2, 0.25) is 5.56 Å². The van der Waals surface area contributed by atoms with Crippen molar-refractivity contribution in [2.24, 2.45) is 0 Å². The Labute approximate surface area is 268 Å². The van der Waals surface area contributed by atoms with Crippen LogP contribution in [0, 0.1) is 0 Å². The molecule has 0 aliphatic carbocycles. The van der Waals surface area contributed by atoms with E-state index in [2.05, 4.69) is 15.6 Å². The monoisotopic (exact) mass is 634 g/mol. The van der Waals surface area contributed by atoms with E-state index in [9.17, 15) is 29.7 Å². The van der Waals surface area contributed by atoms with Crippen molar-refractivity contribution in [3.8, 4) is 16.9 Å². The number of nitrogens with zero attached hydrogens (tertiary/aromatic N) is 1. The van der Waals surface area contributed by atoms with Crippen molar-refractivity contribution in [2.45, 2.75) is 31.9 Å². The Kier molecular flexibility index (Phi) is 9.18. The summed E-state index contributed by atoms with van der Waals surface area (Å²) in [5.41, 5.74) is 5.86. The summed E-state index contributed by atoms with van der Waals surface area (Å²) in [4.78, 5) is 38.4. The van der Waals surface area contributed by atoms with Crippen LogP contribution in [0.25, 0.3) is 33.1 Å². The van der Waals surface area contributed by atoms with Gasteiger partial charge in [0.25, 0.3) is 0 Å². The Morgan fingerprint density at radius 3 is 2.51 bits per heavy atom. The number of aliphatic hydroxyl groups excluding tert-OH is 1. The van der Waals surface area contributed by atoms with Crippen molar-refractivity contribution in [2.75, 3.05) is 18.4 Å². The molecule has 0 spiro atoms. The molecule has 2 aromatic heterocycles. The van der Waals surface area contributed by atoms with Gasteiger partial charge in [-0.3, -0.25) is 14.7 Å². The smallest absolute Gasteiger partial charge is 0.419 e.